The van der Waals surface area contributed by atoms with Gasteiger partial charge in [-0.25, -0.2) is 0 Å². The minimum Gasteiger partial charge on any atom is -0.497 e. The molecule has 3 rings (SSSR count). The molecule has 128 valence electrons. The largest absolute Gasteiger partial charge is 0.497 e. The maximum Gasteiger partial charge on any atom is 0.258 e. The normalized spacial score (nSPS) is 11.8. The Morgan fingerprint density at radius 3 is 2.64 bits per heavy atom. The van der Waals surface area contributed by atoms with Crippen LogP contribution in [0, 0.1) is 0 Å². The summed E-state index contributed by atoms with van der Waals surface area (Å²) >= 11 is 0. The summed E-state index contributed by atoms with van der Waals surface area (Å²) in [5, 5.41) is 3.91. The van der Waals surface area contributed by atoms with Crippen molar-refractivity contribution in [2.45, 2.75) is 13.0 Å². The topological polar surface area (TPSA) is 60.5 Å². The van der Waals surface area contributed by atoms with E-state index < -0.39 is 0 Å². The van der Waals surface area contributed by atoms with Crippen LogP contribution in [0.15, 0.2) is 60.8 Å². The number of carbonyl (C=O) groups is 1. The third-order valence-electron chi connectivity index (χ3n) is 3.95. The van der Waals surface area contributed by atoms with Gasteiger partial charge in [-0.2, -0.15) is 0 Å². The average Bonchev–Trinajstić information content (AvgIpc) is 2.66. The number of benzene rings is 2. The quantitative estimate of drug-likeness (QED) is 0.748. The van der Waals surface area contributed by atoms with E-state index in [0.29, 0.717) is 5.75 Å². The number of ether oxygens (including phenoxy) is 2. The summed E-state index contributed by atoms with van der Waals surface area (Å²) < 4.78 is 10.8. The van der Waals surface area contributed by atoms with Crippen molar-refractivity contribution >= 4 is 16.8 Å². The Labute approximate surface area is 146 Å². The fraction of sp³-hybridized carbons (Fsp3) is 0.200. The lowest BCUT2D eigenvalue weighted by atomic mass is 10.1. The van der Waals surface area contributed by atoms with Crippen molar-refractivity contribution in [1.82, 2.24) is 10.3 Å². The minimum absolute atomic E-state index is 0.0593. The van der Waals surface area contributed by atoms with Gasteiger partial charge in [-0.1, -0.05) is 30.3 Å². The van der Waals surface area contributed by atoms with Crippen LogP contribution < -0.4 is 14.8 Å². The average molecular weight is 336 g/mol. The number of nitrogens with one attached hydrogen (secondary N) is 1. The lowest BCUT2D eigenvalue weighted by Gasteiger charge is -2.15. The van der Waals surface area contributed by atoms with E-state index in [9.17, 15) is 4.79 Å². The smallest absolute Gasteiger partial charge is 0.258 e. The lowest BCUT2D eigenvalue weighted by molar-refractivity contribution is -0.123. The molecule has 5 nitrogen and oxygen atoms in total. The Kier molecular flexibility index (Phi) is 5.14. The fourth-order valence-electron chi connectivity index (χ4n) is 2.60. The molecule has 0 aliphatic carbocycles. The van der Waals surface area contributed by atoms with Crippen molar-refractivity contribution in [2.75, 3.05) is 13.7 Å². The molecule has 0 fully saturated rings. The van der Waals surface area contributed by atoms with Crippen LogP contribution in [0.2, 0.25) is 0 Å². The Morgan fingerprint density at radius 2 is 1.88 bits per heavy atom. The van der Waals surface area contributed by atoms with Gasteiger partial charge in [-0.3, -0.25) is 9.78 Å². The first-order valence-electron chi connectivity index (χ1n) is 8.07. The number of amides is 1. The zero-order chi connectivity index (χ0) is 17.6. The van der Waals surface area contributed by atoms with Gasteiger partial charge < -0.3 is 14.8 Å². The van der Waals surface area contributed by atoms with Crippen molar-refractivity contribution in [2.24, 2.45) is 0 Å². The second-order valence-corrected chi connectivity index (χ2v) is 5.68. The van der Waals surface area contributed by atoms with E-state index in [1.165, 1.54) is 0 Å². The van der Waals surface area contributed by atoms with Crippen molar-refractivity contribution < 1.29 is 14.3 Å². The maximum absolute atomic E-state index is 12.2. The Bertz CT molecular complexity index is 857. The first kappa shape index (κ1) is 16.8. The molecular formula is C20H20N2O3. The van der Waals surface area contributed by atoms with Gasteiger partial charge in [0.1, 0.15) is 17.0 Å². The number of carbonyl (C=O) groups excluding carboxylic acids is 1. The molecule has 0 bridgehead atoms. The molecule has 2 aromatic carbocycles. The highest BCUT2D eigenvalue weighted by Gasteiger charge is 2.11. The highest BCUT2D eigenvalue weighted by atomic mass is 16.5. The van der Waals surface area contributed by atoms with E-state index in [2.05, 4.69) is 10.3 Å². The van der Waals surface area contributed by atoms with Crippen molar-refractivity contribution in [1.29, 1.82) is 0 Å². The molecule has 5 heteroatoms. The Hall–Kier alpha value is -3.08. The number of nitrogens with zero attached hydrogens (tertiary/aromatic N) is 1. The van der Waals surface area contributed by atoms with Gasteiger partial charge in [-0.05, 0) is 36.8 Å². The van der Waals surface area contributed by atoms with Crippen molar-refractivity contribution in [3.63, 3.8) is 0 Å². The Morgan fingerprint density at radius 1 is 1.12 bits per heavy atom. The number of hydrogen-bond acceptors (Lipinski definition) is 4. The van der Waals surface area contributed by atoms with Gasteiger partial charge in [0.05, 0.1) is 13.2 Å². The predicted molar refractivity (Wildman–Crippen MR) is 96.8 cm³/mol. The number of pyridine rings is 1. The summed E-state index contributed by atoms with van der Waals surface area (Å²) in [5.41, 5.74) is 1.75. The molecule has 1 atom stereocenters. The molecule has 1 heterocycles. The molecule has 0 radical (unpaired) electrons. The summed E-state index contributed by atoms with van der Waals surface area (Å²) in [6.07, 6.45) is 1.71. The number of hydrogen-bond donors (Lipinski definition) is 1. The van der Waals surface area contributed by atoms with E-state index in [0.717, 1.165) is 22.2 Å². The van der Waals surface area contributed by atoms with Gasteiger partial charge in [0, 0.05) is 11.6 Å². The van der Waals surface area contributed by atoms with Gasteiger partial charge in [0.2, 0.25) is 0 Å². The van der Waals surface area contributed by atoms with E-state index in [1.54, 1.807) is 13.3 Å². The molecule has 0 saturated carbocycles. The summed E-state index contributed by atoms with van der Waals surface area (Å²) in [4.78, 5) is 16.5. The molecule has 0 spiro atoms. The molecule has 3 aromatic rings. The van der Waals surface area contributed by atoms with Crippen LogP contribution in [0.1, 0.15) is 18.5 Å². The number of para-hydroxylation sites is 1. The summed E-state index contributed by atoms with van der Waals surface area (Å²) in [5.74, 6) is 1.20. The van der Waals surface area contributed by atoms with Crippen LogP contribution in [-0.4, -0.2) is 24.6 Å². The number of rotatable bonds is 6. The van der Waals surface area contributed by atoms with E-state index in [-0.39, 0.29) is 18.6 Å². The molecule has 0 saturated heterocycles. The first-order valence-corrected chi connectivity index (χ1v) is 8.07. The monoisotopic (exact) mass is 336 g/mol. The zero-order valence-corrected chi connectivity index (χ0v) is 14.2. The van der Waals surface area contributed by atoms with Crippen molar-refractivity contribution in [3.05, 3.63) is 66.4 Å². The standard InChI is InChI=1S/C20H20N2O3/c1-14(15-8-10-17(24-2)11-9-15)22-19(23)13-25-18-7-3-5-16-6-4-12-21-20(16)18/h3-12,14H,13H2,1-2H3,(H,22,23). The predicted octanol–water partition coefficient (Wildman–Crippen LogP) is 3.50. The molecule has 0 aliphatic rings. The molecular weight excluding hydrogens is 316 g/mol. The fourth-order valence-corrected chi connectivity index (χ4v) is 2.60. The van der Waals surface area contributed by atoms with Crippen molar-refractivity contribution in [3.8, 4) is 11.5 Å². The zero-order valence-electron chi connectivity index (χ0n) is 14.2. The van der Waals surface area contributed by atoms with Gasteiger partial charge in [-0.15, -0.1) is 0 Å². The first-order chi connectivity index (χ1) is 12.2. The third kappa shape index (κ3) is 4.07. The summed E-state index contributed by atoms with van der Waals surface area (Å²) in [7, 11) is 1.62. The summed E-state index contributed by atoms with van der Waals surface area (Å²) in [6, 6.07) is 17.0. The lowest BCUT2D eigenvalue weighted by Crippen LogP contribution is -2.31. The van der Waals surface area contributed by atoms with Crippen LogP contribution in [-0.2, 0) is 4.79 Å². The maximum atomic E-state index is 12.2. The summed E-state index contributed by atoms with van der Waals surface area (Å²) in [6.45, 7) is 1.87. The van der Waals surface area contributed by atoms with E-state index in [1.807, 2.05) is 61.5 Å². The van der Waals surface area contributed by atoms with Crippen LogP contribution >= 0.6 is 0 Å². The molecule has 1 amide bonds. The van der Waals surface area contributed by atoms with Crippen LogP contribution in [0.25, 0.3) is 10.9 Å². The van der Waals surface area contributed by atoms with Crippen LogP contribution in [0.4, 0.5) is 0 Å². The SMILES string of the molecule is COc1ccc(C(C)NC(=O)COc2cccc3cccnc23)cc1. The molecule has 1 unspecified atom stereocenters. The van der Waals surface area contributed by atoms with E-state index >= 15 is 0 Å². The number of methoxy groups -OCH3 is 1. The van der Waals surface area contributed by atoms with E-state index in [4.69, 9.17) is 9.47 Å². The van der Waals surface area contributed by atoms with Crippen LogP contribution in [0.3, 0.4) is 0 Å². The third-order valence-corrected chi connectivity index (χ3v) is 3.95. The molecule has 1 aromatic heterocycles. The Balaban J connectivity index is 1.60. The minimum atomic E-state index is -0.184. The van der Waals surface area contributed by atoms with Crippen LogP contribution in [0.5, 0.6) is 11.5 Å². The van der Waals surface area contributed by atoms with Gasteiger partial charge in [0.25, 0.3) is 5.91 Å². The second kappa shape index (κ2) is 7.66. The van der Waals surface area contributed by atoms with Gasteiger partial charge >= 0.3 is 0 Å². The second-order valence-electron chi connectivity index (χ2n) is 5.68. The molecule has 0 aliphatic heterocycles. The molecule has 1 N–H and O–H groups in total. The number of aromatic nitrogens is 1. The highest BCUT2D eigenvalue weighted by molar-refractivity contribution is 5.85. The van der Waals surface area contributed by atoms with Gasteiger partial charge in [0.15, 0.2) is 6.61 Å². The molecule has 25 heavy (non-hydrogen) atoms. The number of fused-ring (bicyclic) bond motifs is 1. The highest BCUT2D eigenvalue weighted by Crippen LogP contribution is 2.23.